The molecule has 0 atom stereocenters. The average Bonchev–Trinajstić information content (AvgIpc) is 3.33. The van der Waals surface area contributed by atoms with Crippen molar-refractivity contribution in [2.45, 2.75) is 11.8 Å². The van der Waals surface area contributed by atoms with Crippen LogP contribution in [0.15, 0.2) is 78.0 Å². The van der Waals surface area contributed by atoms with Crippen LogP contribution in [0.4, 0.5) is 10.1 Å². The molecule has 1 aromatic heterocycles. The number of hydrogen-bond acceptors (Lipinski definition) is 8. The van der Waals surface area contributed by atoms with Crippen LogP contribution in [0.3, 0.4) is 0 Å². The Balaban J connectivity index is 1.52. The minimum atomic E-state index is -0.565. The lowest BCUT2D eigenvalue weighted by atomic mass is 10.2. The third-order valence-corrected chi connectivity index (χ3v) is 6.09. The Bertz CT molecular complexity index is 1390. The summed E-state index contributed by atoms with van der Waals surface area (Å²) < 4.78 is 32.0. The molecule has 4 rings (SSSR count). The molecule has 0 saturated heterocycles. The van der Waals surface area contributed by atoms with Gasteiger partial charge in [-0.05, 0) is 48.5 Å². The summed E-state index contributed by atoms with van der Waals surface area (Å²) >= 11 is 1.07. The second-order valence-electron chi connectivity index (χ2n) is 7.52. The number of nitrogens with zero attached hydrogens (tertiary/aromatic N) is 3. The Hall–Kier alpha value is -4.38. The van der Waals surface area contributed by atoms with Crippen molar-refractivity contribution in [3.63, 3.8) is 0 Å². The van der Waals surface area contributed by atoms with Crippen LogP contribution < -0.4 is 14.8 Å². The number of nitrogens with one attached hydrogen (secondary N) is 1. The molecule has 1 heterocycles. The Labute approximate surface area is 216 Å². The van der Waals surface area contributed by atoms with E-state index >= 15 is 0 Å². The van der Waals surface area contributed by atoms with Gasteiger partial charge in [-0.15, -0.1) is 10.2 Å². The highest BCUT2D eigenvalue weighted by molar-refractivity contribution is 7.99. The molecule has 4 aromatic rings. The number of para-hydroxylation sites is 2. The Kier molecular flexibility index (Phi) is 8.37. The number of rotatable bonds is 10. The van der Waals surface area contributed by atoms with Gasteiger partial charge < -0.3 is 19.5 Å². The molecule has 0 radical (unpaired) electrons. The van der Waals surface area contributed by atoms with E-state index < -0.39 is 11.8 Å². The van der Waals surface area contributed by atoms with E-state index in [9.17, 15) is 14.0 Å². The smallest absolute Gasteiger partial charge is 0.339 e. The number of halogens is 1. The summed E-state index contributed by atoms with van der Waals surface area (Å²) in [6, 6.07) is 19.7. The third kappa shape index (κ3) is 6.25. The maximum atomic E-state index is 14.7. The van der Waals surface area contributed by atoms with Crippen molar-refractivity contribution in [1.29, 1.82) is 0 Å². The summed E-state index contributed by atoms with van der Waals surface area (Å²) in [5, 5.41) is 11.3. The number of benzene rings is 3. The molecular weight excluding hydrogens is 499 g/mol. The van der Waals surface area contributed by atoms with Crippen LogP contribution in [0, 0.1) is 5.82 Å². The van der Waals surface area contributed by atoms with E-state index in [0.717, 1.165) is 11.8 Å². The standard InChI is InChI=1S/C26H23FN4O5S/c1-34-17-11-13-18(14-12-17)36-15-23-29-30-26(31(23)22-10-6-4-8-20(22)27)37-16-24(32)28-21-9-5-3-7-19(21)25(33)35-2/h3-14H,15-16H2,1-2H3,(H,28,32). The van der Waals surface area contributed by atoms with E-state index in [0.29, 0.717) is 28.2 Å². The van der Waals surface area contributed by atoms with Gasteiger partial charge in [0.1, 0.15) is 23.9 Å². The molecule has 0 saturated carbocycles. The first-order valence-corrected chi connectivity index (χ1v) is 12.0. The molecule has 0 unspecified atom stereocenters. The summed E-state index contributed by atoms with van der Waals surface area (Å²) in [5.41, 5.74) is 0.778. The minimum Gasteiger partial charge on any atom is -0.497 e. The van der Waals surface area contributed by atoms with E-state index in [2.05, 4.69) is 15.5 Å². The van der Waals surface area contributed by atoms with Crippen molar-refractivity contribution in [1.82, 2.24) is 14.8 Å². The number of carbonyl (C=O) groups excluding carboxylic acids is 2. The number of amides is 1. The van der Waals surface area contributed by atoms with E-state index in [-0.39, 0.29) is 29.5 Å². The third-order valence-electron chi connectivity index (χ3n) is 5.16. The van der Waals surface area contributed by atoms with Gasteiger partial charge in [-0.2, -0.15) is 0 Å². The molecule has 1 N–H and O–H groups in total. The largest absolute Gasteiger partial charge is 0.497 e. The topological polar surface area (TPSA) is 105 Å². The van der Waals surface area contributed by atoms with Gasteiger partial charge in [0.15, 0.2) is 11.0 Å². The molecule has 0 aliphatic heterocycles. The Morgan fingerprint density at radius 3 is 2.38 bits per heavy atom. The molecule has 1 amide bonds. The van der Waals surface area contributed by atoms with Gasteiger partial charge in [0.25, 0.3) is 0 Å². The Morgan fingerprint density at radius 1 is 0.946 bits per heavy atom. The molecule has 0 spiro atoms. The fourth-order valence-corrected chi connectivity index (χ4v) is 4.14. The molecule has 37 heavy (non-hydrogen) atoms. The van der Waals surface area contributed by atoms with E-state index in [1.807, 2.05) is 0 Å². The van der Waals surface area contributed by atoms with E-state index in [1.165, 1.54) is 17.7 Å². The van der Waals surface area contributed by atoms with Crippen molar-refractivity contribution in [2.75, 3.05) is 25.3 Å². The van der Waals surface area contributed by atoms with Crippen LogP contribution in [0.1, 0.15) is 16.2 Å². The van der Waals surface area contributed by atoms with Gasteiger partial charge >= 0.3 is 5.97 Å². The Morgan fingerprint density at radius 2 is 1.65 bits per heavy atom. The number of hydrogen-bond donors (Lipinski definition) is 1. The van der Waals surface area contributed by atoms with Gasteiger partial charge in [-0.25, -0.2) is 9.18 Å². The van der Waals surface area contributed by atoms with Crippen LogP contribution in [0.25, 0.3) is 5.69 Å². The normalized spacial score (nSPS) is 10.6. The first kappa shape index (κ1) is 25.7. The zero-order valence-electron chi connectivity index (χ0n) is 20.0. The predicted octanol–water partition coefficient (Wildman–Crippen LogP) is 4.51. The number of esters is 1. The molecule has 0 aliphatic carbocycles. The zero-order valence-corrected chi connectivity index (χ0v) is 20.8. The molecule has 9 nitrogen and oxygen atoms in total. The van der Waals surface area contributed by atoms with Crippen molar-refractivity contribution in [3.05, 3.63) is 90.0 Å². The van der Waals surface area contributed by atoms with Gasteiger partial charge in [0.05, 0.1) is 36.9 Å². The fraction of sp³-hybridized carbons (Fsp3) is 0.154. The lowest BCUT2D eigenvalue weighted by Gasteiger charge is -2.12. The first-order chi connectivity index (χ1) is 18.0. The van der Waals surface area contributed by atoms with E-state index in [1.54, 1.807) is 73.8 Å². The number of aromatic nitrogens is 3. The molecule has 11 heteroatoms. The van der Waals surface area contributed by atoms with Crippen molar-refractivity contribution in [3.8, 4) is 17.2 Å². The molecular formula is C26H23FN4O5S. The lowest BCUT2D eigenvalue weighted by molar-refractivity contribution is -0.113. The quantitative estimate of drug-likeness (QED) is 0.240. The first-order valence-electron chi connectivity index (χ1n) is 11.1. The second-order valence-corrected chi connectivity index (χ2v) is 8.47. The summed E-state index contributed by atoms with van der Waals surface area (Å²) in [5.74, 6) is 0.104. The van der Waals surface area contributed by atoms with Crippen molar-refractivity contribution in [2.24, 2.45) is 0 Å². The number of thioether (sulfide) groups is 1. The molecule has 0 aliphatic rings. The van der Waals surface area contributed by atoms with Crippen LogP contribution in [-0.4, -0.2) is 46.6 Å². The van der Waals surface area contributed by atoms with Crippen LogP contribution in [0.2, 0.25) is 0 Å². The van der Waals surface area contributed by atoms with Gasteiger partial charge in [-0.1, -0.05) is 36.0 Å². The highest BCUT2D eigenvalue weighted by Crippen LogP contribution is 2.26. The monoisotopic (exact) mass is 522 g/mol. The number of ether oxygens (including phenoxy) is 3. The maximum Gasteiger partial charge on any atom is 0.339 e. The minimum absolute atomic E-state index is 0.00687. The van der Waals surface area contributed by atoms with Crippen LogP contribution >= 0.6 is 11.8 Å². The number of carbonyl (C=O) groups is 2. The predicted molar refractivity (Wildman–Crippen MR) is 136 cm³/mol. The van der Waals surface area contributed by atoms with E-state index in [4.69, 9.17) is 14.2 Å². The van der Waals surface area contributed by atoms with Crippen molar-refractivity contribution >= 4 is 29.3 Å². The summed E-state index contributed by atoms with van der Waals surface area (Å²) in [7, 11) is 2.84. The summed E-state index contributed by atoms with van der Waals surface area (Å²) in [6.45, 7) is 0.00687. The average molecular weight is 523 g/mol. The zero-order chi connectivity index (χ0) is 26.2. The van der Waals surface area contributed by atoms with Crippen molar-refractivity contribution < 1.29 is 28.2 Å². The molecule has 3 aromatic carbocycles. The van der Waals surface area contributed by atoms with Gasteiger partial charge in [0.2, 0.25) is 5.91 Å². The highest BCUT2D eigenvalue weighted by atomic mass is 32.2. The summed E-state index contributed by atoms with van der Waals surface area (Å²) in [6.07, 6.45) is 0. The SMILES string of the molecule is COC(=O)c1ccccc1NC(=O)CSc1nnc(COc2ccc(OC)cc2)n1-c1ccccc1F. The molecule has 0 fully saturated rings. The van der Waals surface area contributed by atoms with Gasteiger partial charge in [-0.3, -0.25) is 9.36 Å². The molecule has 0 bridgehead atoms. The highest BCUT2D eigenvalue weighted by Gasteiger charge is 2.20. The van der Waals surface area contributed by atoms with Gasteiger partial charge in [0, 0.05) is 0 Å². The number of methoxy groups -OCH3 is 2. The van der Waals surface area contributed by atoms with Crippen LogP contribution in [-0.2, 0) is 16.1 Å². The maximum absolute atomic E-state index is 14.7. The fourth-order valence-electron chi connectivity index (χ4n) is 3.38. The second kappa shape index (κ2) is 12.0. The van der Waals surface area contributed by atoms with Crippen LogP contribution in [0.5, 0.6) is 11.5 Å². The number of anilines is 1. The molecule has 190 valence electrons. The summed E-state index contributed by atoms with van der Waals surface area (Å²) in [4.78, 5) is 24.7. The lowest BCUT2D eigenvalue weighted by Crippen LogP contribution is -2.17.